The summed E-state index contributed by atoms with van der Waals surface area (Å²) >= 11 is 0. The Morgan fingerprint density at radius 1 is 0.808 bits per heavy atom. The van der Waals surface area contributed by atoms with Crippen molar-refractivity contribution in [1.29, 1.82) is 0 Å². The lowest BCUT2D eigenvalue weighted by molar-refractivity contribution is -0.222. The number of hydrogen-bond donors (Lipinski definition) is 2. The number of rotatable bonds is 8. The smallest absolute Gasteiger partial charge is 0.335 e. The van der Waals surface area contributed by atoms with Gasteiger partial charge in [-0.2, -0.15) is 0 Å². The maximum atomic E-state index is 12.2. The molecule has 2 N–H and O–H groups in total. The minimum absolute atomic E-state index is 0.0274. The average Bonchev–Trinajstić information content (AvgIpc) is 3.71. The number of aromatic carboxylic acids is 1. The number of hydrogen-bond acceptors (Lipinski definition) is 5. The Morgan fingerprint density at radius 3 is 2.13 bits per heavy atom. The van der Waals surface area contributed by atoms with Crippen LogP contribution >= 0.6 is 0 Å². The number of nitrogens with zero attached hydrogens (tertiary/aromatic N) is 1. The summed E-state index contributed by atoms with van der Waals surface area (Å²) in [4.78, 5) is 14.1. The zero-order valence-electron chi connectivity index (χ0n) is 33.4. The summed E-state index contributed by atoms with van der Waals surface area (Å²) in [6.07, 6.45) is 20.1. The molecular formula is C45H68N2O4S. The van der Waals surface area contributed by atoms with Gasteiger partial charge in [0.05, 0.1) is 10.8 Å². The molecule has 1 saturated heterocycles. The summed E-state index contributed by atoms with van der Waals surface area (Å²) in [5, 5.41) is 13.7. The second kappa shape index (κ2) is 12.4. The fraction of sp³-hybridized carbons (Fsp3) is 0.800. The Hall–Kier alpha value is -1.70. The molecule has 7 heteroatoms. The quantitative estimate of drug-likeness (QED) is 0.277. The molecule has 1 aliphatic heterocycles. The highest BCUT2D eigenvalue weighted by Gasteiger charge is 2.72. The molecule has 6 nitrogen and oxygen atoms in total. The van der Waals surface area contributed by atoms with Crippen molar-refractivity contribution in [2.45, 2.75) is 136 Å². The fourth-order valence-corrected chi connectivity index (χ4v) is 16.2. The number of sulfone groups is 1. The van der Waals surface area contributed by atoms with E-state index < -0.39 is 15.8 Å². The van der Waals surface area contributed by atoms with Gasteiger partial charge in [0.2, 0.25) is 0 Å². The highest BCUT2D eigenvalue weighted by Crippen LogP contribution is 2.78. The van der Waals surface area contributed by atoms with Gasteiger partial charge in [0.25, 0.3) is 0 Å². The Bertz CT molecular complexity index is 1710. The van der Waals surface area contributed by atoms with E-state index >= 15 is 0 Å². The molecule has 0 spiro atoms. The van der Waals surface area contributed by atoms with Gasteiger partial charge in [0.15, 0.2) is 0 Å². The monoisotopic (exact) mass is 732 g/mol. The maximum Gasteiger partial charge on any atom is 0.335 e. The van der Waals surface area contributed by atoms with E-state index in [-0.39, 0.29) is 21.6 Å². The minimum Gasteiger partial charge on any atom is -0.478 e. The molecular weight excluding hydrogens is 665 g/mol. The Labute approximate surface area is 315 Å². The van der Waals surface area contributed by atoms with Gasteiger partial charge in [-0.3, -0.25) is 0 Å². The summed E-state index contributed by atoms with van der Waals surface area (Å²) in [5.41, 5.74) is 4.67. The van der Waals surface area contributed by atoms with Crippen molar-refractivity contribution in [3.63, 3.8) is 0 Å². The second-order valence-electron chi connectivity index (χ2n) is 20.9. The zero-order chi connectivity index (χ0) is 37.1. The number of carboxylic acids is 1. The van der Waals surface area contributed by atoms with Crippen molar-refractivity contribution in [2.75, 3.05) is 32.4 Å². The number of nitrogens with one attached hydrogen (secondary N) is 1. The molecule has 9 atom stereocenters. The molecule has 1 aromatic rings. The van der Waals surface area contributed by atoms with Crippen molar-refractivity contribution in [3.8, 4) is 0 Å². The molecule has 0 bridgehead atoms. The van der Waals surface area contributed by atoms with E-state index in [0.717, 1.165) is 63.2 Å². The van der Waals surface area contributed by atoms with Crippen LogP contribution in [0.2, 0.25) is 0 Å². The van der Waals surface area contributed by atoms with Crippen LogP contribution < -0.4 is 5.32 Å². The van der Waals surface area contributed by atoms with Crippen LogP contribution in [0.3, 0.4) is 0 Å². The number of allylic oxidation sites excluding steroid dienone is 2. The predicted molar refractivity (Wildman–Crippen MR) is 211 cm³/mol. The van der Waals surface area contributed by atoms with Crippen molar-refractivity contribution in [2.24, 2.45) is 56.7 Å². The number of carboxylic acid groups (broad SMARTS) is 1. The summed E-state index contributed by atoms with van der Waals surface area (Å²) < 4.78 is 24.3. The first-order chi connectivity index (χ1) is 24.4. The highest BCUT2D eigenvalue weighted by atomic mass is 32.2. The summed E-state index contributed by atoms with van der Waals surface area (Å²) in [5.74, 6) is 2.80. The third-order valence-electron chi connectivity index (χ3n) is 18.4. The van der Waals surface area contributed by atoms with E-state index in [0.29, 0.717) is 33.6 Å². The van der Waals surface area contributed by atoms with Gasteiger partial charge in [-0.15, -0.1) is 0 Å². The average molecular weight is 733 g/mol. The minimum atomic E-state index is -2.94. The zero-order valence-corrected chi connectivity index (χ0v) is 34.2. The molecule has 5 saturated carbocycles. The number of likely N-dealkylation sites (tertiary alicyclic amines) is 1. The number of benzene rings is 1. The number of carbonyl (C=O) groups is 1. The molecule has 6 fully saturated rings. The molecule has 9 unspecified atom stereocenters. The standard InChI is InChI=1S/C45H68N2O4S/c1-40(2)33(30-8-10-31(11-9-30)39(48)49)14-19-42(4)36(40)16-20-44(6)37(42)13-12-35-38-34(41(3)22-23-41)15-21-45(38,25-24-43(35,44)5)46-26-29-47-27-17-32(18-28-47)52(7,50)51/h8-11,14,32,34-38,46H,12-13,15-29H2,1-7H3,(H,48,49). The van der Waals surface area contributed by atoms with Gasteiger partial charge in [0.1, 0.15) is 9.84 Å². The van der Waals surface area contributed by atoms with Crippen molar-refractivity contribution >= 4 is 21.4 Å². The molecule has 1 heterocycles. The lowest BCUT2D eigenvalue weighted by Crippen LogP contribution is -2.68. The highest BCUT2D eigenvalue weighted by molar-refractivity contribution is 7.91. The van der Waals surface area contributed by atoms with E-state index in [2.05, 4.69) is 57.8 Å². The Morgan fingerprint density at radius 2 is 1.50 bits per heavy atom. The summed E-state index contributed by atoms with van der Waals surface area (Å²) in [6.45, 7) is 19.6. The van der Waals surface area contributed by atoms with E-state index in [9.17, 15) is 18.3 Å². The van der Waals surface area contributed by atoms with Crippen molar-refractivity contribution in [1.82, 2.24) is 10.2 Å². The predicted octanol–water partition coefficient (Wildman–Crippen LogP) is 9.11. The van der Waals surface area contributed by atoms with Gasteiger partial charge < -0.3 is 15.3 Å². The van der Waals surface area contributed by atoms with Gasteiger partial charge in [-0.1, -0.05) is 59.8 Å². The molecule has 1 aromatic carbocycles. The largest absolute Gasteiger partial charge is 0.478 e. The van der Waals surface area contributed by atoms with Crippen LogP contribution in [-0.2, 0) is 9.84 Å². The van der Waals surface area contributed by atoms with Crippen molar-refractivity contribution < 1.29 is 18.3 Å². The van der Waals surface area contributed by atoms with Crippen LogP contribution in [0.5, 0.6) is 0 Å². The molecule has 6 aliphatic carbocycles. The van der Waals surface area contributed by atoms with Gasteiger partial charge >= 0.3 is 5.97 Å². The molecule has 8 rings (SSSR count). The van der Waals surface area contributed by atoms with Gasteiger partial charge in [-0.05, 0) is 176 Å². The summed E-state index contributed by atoms with van der Waals surface area (Å²) in [7, 11) is -2.94. The maximum absolute atomic E-state index is 12.2. The first-order valence-electron chi connectivity index (χ1n) is 21.1. The second-order valence-corrected chi connectivity index (χ2v) is 23.2. The van der Waals surface area contributed by atoms with E-state index in [1.54, 1.807) is 12.1 Å². The van der Waals surface area contributed by atoms with Crippen LogP contribution in [0.1, 0.15) is 141 Å². The SMILES string of the molecule is CC1(C2CCC3(NCCN4CCC(S(C)(=O)=O)CC4)CCC4(C)C(CCC5C6(C)CC=C(c7ccc(C(=O)O)cc7)C(C)(C)C6CCC54C)C23)CC1. The normalized spacial score (nSPS) is 42.7. The molecule has 7 aliphatic rings. The number of fused-ring (bicyclic) bond motifs is 7. The molecule has 0 aromatic heterocycles. The fourth-order valence-electron chi connectivity index (χ4n) is 15.2. The first kappa shape index (κ1) is 37.2. The molecule has 52 heavy (non-hydrogen) atoms. The third kappa shape index (κ3) is 5.57. The molecule has 0 radical (unpaired) electrons. The van der Waals surface area contributed by atoms with E-state index in [4.69, 9.17) is 0 Å². The lowest BCUT2D eigenvalue weighted by atomic mass is 9.32. The Balaban J connectivity index is 1.04. The van der Waals surface area contributed by atoms with Gasteiger partial charge in [0, 0.05) is 24.9 Å². The van der Waals surface area contributed by atoms with Crippen LogP contribution in [-0.4, -0.2) is 67.6 Å². The van der Waals surface area contributed by atoms with Crippen LogP contribution in [0.15, 0.2) is 30.3 Å². The van der Waals surface area contributed by atoms with Crippen LogP contribution in [0.25, 0.3) is 5.57 Å². The summed E-state index contributed by atoms with van der Waals surface area (Å²) in [6, 6.07) is 7.64. The van der Waals surface area contributed by atoms with Crippen LogP contribution in [0, 0.1) is 56.7 Å². The van der Waals surface area contributed by atoms with E-state index in [1.807, 2.05) is 12.1 Å². The molecule has 288 valence electrons. The van der Waals surface area contributed by atoms with E-state index in [1.165, 1.54) is 81.6 Å². The third-order valence-corrected chi connectivity index (χ3v) is 20.1. The van der Waals surface area contributed by atoms with Gasteiger partial charge in [-0.25, -0.2) is 13.2 Å². The lowest BCUT2D eigenvalue weighted by Gasteiger charge is -2.72. The van der Waals surface area contributed by atoms with Crippen LogP contribution in [0.4, 0.5) is 0 Å². The molecule has 0 amide bonds. The van der Waals surface area contributed by atoms with Crippen molar-refractivity contribution in [3.05, 3.63) is 41.5 Å². The Kier molecular flexibility index (Phi) is 8.88. The number of piperidine rings is 1. The topological polar surface area (TPSA) is 86.7 Å². The first-order valence-corrected chi connectivity index (χ1v) is 23.0.